The second-order valence-corrected chi connectivity index (χ2v) is 7.37. The SMILES string of the molecule is CN1CCCN(C(=O)c2csc(NC(=O)c3ccc4c(c3)OCO4)n2)CC1. The van der Waals surface area contributed by atoms with Gasteiger partial charge < -0.3 is 19.3 Å². The Morgan fingerprint density at radius 2 is 2.00 bits per heavy atom. The highest BCUT2D eigenvalue weighted by molar-refractivity contribution is 7.14. The van der Waals surface area contributed by atoms with Gasteiger partial charge in [-0.15, -0.1) is 11.3 Å². The molecule has 1 saturated heterocycles. The van der Waals surface area contributed by atoms with E-state index in [4.69, 9.17) is 9.47 Å². The molecule has 142 valence electrons. The Bertz CT molecular complexity index is 869. The lowest BCUT2D eigenvalue weighted by atomic mass is 10.2. The summed E-state index contributed by atoms with van der Waals surface area (Å²) in [6.07, 6.45) is 0.945. The first-order valence-electron chi connectivity index (χ1n) is 8.74. The number of ether oxygens (including phenoxy) is 2. The second-order valence-electron chi connectivity index (χ2n) is 6.51. The van der Waals surface area contributed by atoms with Crippen molar-refractivity contribution in [1.82, 2.24) is 14.8 Å². The Morgan fingerprint density at radius 3 is 2.89 bits per heavy atom. The van der Waals surface area contributed by atoms with Crippen molar-refractivity contribution in [2.75, 3.05) is 45.3 Å². The van der Waals surface area contributed by atoms with E-state index in [0.717, 1.165) is 26.1 Å². The number of nitrogens with zero attached hydrogens (tertiary/aromatic N) is 3. The summed E-state index contributed by atoms with van der Waals surface area (Å²) in [5, 5.41) is 4.82. The molecule has 0 saturated carbocycles. The van der Waals surface area contributed by atoms with Gasteiger partial charge in [-0.25, -0.2) is 4.98 Å². The van der Waals surface area contributed by atoms with Gasteiger partial charge in [-0.2, -0.15) is 0 Å². The molecular formula is C18H20N4O4S. The first kappa shape index (κ1) is 17.7. The molecule has 0 unspecified atom stereocenters. The minimum atomic E-state index is -0.307. The van der Waals surface area contributed by atoms with Crippen molar-refractivity contribution in [1.29, 1.82) is 0 Å². The lowest BCUT2D eigenvalue weighted by Crippen LogP contribution is -2.34. The van der Waals surface area contributed by atoms with Gasteiger partial charge in [0.1, 0.15) is 5.69 Å². The van der Waals surface area contributed by atoms with Crippen LogP contribution in [-0.2, 0) is 0 Å². The fourth-order valence-corrected chi connectivity index (χ4v) is 3.73. The molecule has 2 amide bonds. The van der Waals surface area contributed by atoms with Gasteiger partial charge in [0.25, 0.3) is 11.8 Å². The van der Waals surface area contributed by atoms with Crippen molar-refractivity contribution in [2.45, 2.75) is 6.42 Å². The number of nitrogens with one attached hydrogen (secondary N) is 1. The number of rotatable bonds is 3. The molecule has 8 nitrogen and oxygen atoms in total. The summed E-state index contributed by atoms with van der Waals surface area (Å²) in [4.78, 5) is 33.4. The Labute approximate surface area is 160 Å². The maximum Gasteiger partial charge on any atom is 0.273 e. The van der Waals surface area contributed by atoms with Gasteiger partial charge >= 0.3 is 0 Å². The van der Waals surface area contributed by atoms with Crippen LogP contribution in [0.2, 0.25) is 0 Å². The number of likely N-dealkylation sites (N-methyl/N-ethyl adjacent to an activating group) is 1. The molecule has 4 rings (SSSR count). The van der Waals surface area contributed by atoms with Crippen molar-refractivity contribution in [3.63, 3.8) is 0 Å². The summed E-state index contributed by atoms with van der Waals surface area (Å²) in [5.74, 6) is 0.767. The Hall–Kier alpha value is -2.65. The number of anilines is 1. The van der Waals surface area contributed by atoms with Gasteiger partial charge in [0, 0.05) is 30.6 Å². The van der Waals surface area contributed by atoms with E-state index in [1.807, 2.05) is 4.90 Å². The molecule has 1 aromatic heterocycles. The van der Waals surface area contributed by atoms with Gasteiger partial charge in [-0.3, -0.25) is 14.9 Å². The summed E-state index contributed by atoms with van der Waals surface area (Å²) < 4.78 is 10.5. The zero-order chi connectivity index (χ0) is 18.8. The van der Waals surface area contributed by atoms with Crippen LogP contribution in [0.15, 0.2) is 23.6 Å². The molecule has 1 aromatic carbocycles. The highest BCUT2D eigenvalue weighted by Gasteiger charge is 2.22. The summed E-state index contributed by atoms with van der Waals surface area (Å²) in [5.41, 5.74) is 0.809. The molecule has 0 radical (unpaired) electrons. The van der Waals surface area contributed by atoms with Gasteiger partial charge in [-0.1, -0.05) is 0 Å². The second kappa shape index (κ2) is 7.53. The number of aromatic nitrogens is 1. The molecule has 0 spiro atoms. The van der Waals surface area contributed by atoms with E-state index in [1.165, 1.54) is 11.3 Å². The third-order valence-electron chi connectivity index (χ3n) is 4.59. The monoisotopic (exact) mass is 388 g/mol. The Kier molecular flexibility index (Phi) is 4.95. The zero-order valence-electron chi connectivity index (χ0n) is 14.9. The largest absolute Gasteiger partial charge is 0.454 e. The van der Waals surface area contributed by atoms with E-state index in [-0.39, 0.29) is 18.6 Å². The minimum Gasteiger partial charge on any atom is -0.454 e. The lowest BCUT2D eigenvalue weighted by Gasteiger charge is -2.19. The van der Waals surface area contributed by atoms with Crippen LogP contribution in [0.1, 0.15) is 27.3 Å². The fourth-order valence-electron chi connectivity index (χ4n) is 3.05. The Balaban J connectivity index is 1.41. The van der Waals surface area contributed by atoms with Crippen LogP contribution in [-0.4, -0.2) is 66.6 Å². The number of fused-ring (bicyclic) bond motifs is 1. The molecule has 9 heteroatoms. The van der Waals surface area contributed by atoms with Gasteiger partial charge in [0.05, 0.1) is 0 Å². The van der Waals surface area contributed by atoms with Gasteiger partial charge in [-0.05, 0) is 38.2 Å². The van der Waals surface area contributed by atoms with E-state index < -0.39 is 0 Å². The van der Waals surface area contributed by atoms with E-state index in [0.29, 0.717) is 34.4 Å². The maximum atomic E-state index is 12.7. The summed E-state index contributed by atoms with van der Waals surface area (Å²) >= 11 is 1.24. The maximum absolute atomic E-state index is 12.7. The highest BCUT2D eigenvalue weighted by Crippen LogP contribution is 2.32. The molecule has 1 fully saturated rings. The summed E-state index contributed by atoms with van der Waals surface area (Å²) in [6.45, 7) is 3.40. The van der Waals surface area contributed by atoms with Crippen LogP contribution < -0.4 is 14.8 Å². The standard InChI is InChI=1S/C18H20N4O4S/c1-21-5-2-6-22(8-7-21)17(24)13-10-27-18(19-13)20-16(23)12-3-4-14-15(9-12)26-11-25-14/h3-4,9-10H,2,5-8,11H2,1H3,(H,19,20,23). The van der Waals surface area contributed by atoms with Crippen molar-refractivity contribution in [2.24, 2.45) is 0 Å². The molecule has 0 bridgehead atoms. The fraction of sp³-hybridized carbons (Fsp3) is 0.389. The number of benzene rings is 1. The lowest BCUT2D eigenvalue weighted by molar-refractivity contribution is 0.0757. The average molecular weight is 388 g/mol. The third kappa shape index (κ3) is 3.88. The van der Waals surface area contributed by atoms with Crippen molar-refractivity contribution >= 4 is 28.3 Å². The van der Waals surface area contributed by atoms with Crippen LogP contribution in [0.3, 0.4) is 0 Å². The predicted octanol–water partition coefficient (Wildman–Crippen LogP) is 1.90. The van der Waals surface area contributed by atoms with Gasteiger partial charge in [0.15, 0.2) is 16.6 Å². The molecule has 27 heavy (non-hydrogen) atoms. The molecule has 2 aromatic rings. The van der Waals surface area contributed by atoms with Crippen LogP contribution in [0.4, 0.5) is 5.13 Å². The highest BCUT2D eigenvalue weighted by atomic mass is 32.1. The quantitative estimate of drug-likeness (QED) is 0.865. The number of hydrogen-bond acceptors (Lipinski definition) is 7. The number of hydrogen-bond donors (Lipinski definition) is 1. The van der Waals surface area contributed by atoms with Crippen LogP contribution in [0, 0.1) is 0 Å². The molecule has 2 aliphatic heterocycles. The van der Waals surface area contributed by atoms with E-state index in [9.17, 15) is 9.59 Å². The first-order chi connectivity index (χ1) is 13.1. The summed E-state index contributed by atoms with van der Waals surface area (Å²) in [7, 11) is 2.06. The molecule has 3 heterocycles. The third-order valence-corrected chi connectivity index (χ3v) is 5.34. The smallest absolute Gasteiger partial charge is 0.273 e. The number of carbonyl (C=O) groups is 2. The normalized spacial score (nSPS) is 16.9. The average Bonchev–Trinajstić information content (AvgIpc) is 3.27. The topological polar surface area (TPSA) is 84.0 Å². The first-order valence-corrected chi connectivity index (χ1v) is 9.62. The predicted molar refractivity (Wildman–Crippen MR) is 101 cm³/mol. The minimum absolute atomic E-state index is 0.0925. The molecule has 1 N–H and O–H groups in total. The van der Waals surface area contributed by atoms with Crippen molar-refractivity contribution in [3.05, 3.63) is 34.8 Å². The van der Waals surface area contributed by atoms with Gasteiger partial charge in [0.2, 0.25) is 6.79 Å². The van der Waals surface area contributed by atoms with Crippen LogP contribution >= 0.6 is 11.3 Å². The summed E-state index contributed by atoms with van der Waals surface area (Å²) in [6, 6.07) is 4.99. The molecule has 0 aliphatic carbocycles. The number of amides is 2. The number of carbonyl (C=O) groups excluding carboxylic acids is 2. The zero-order valence-corrected chi connectivity index (χ0v) is 15.8. The van der Waals surface area contributed by atoms with E-state index >= 15 is 0 Å². The molecular weight excluding hydrogens is 368 g/mol. The van der Waals surface area contributed by atoms with E-state index in [1.54, 1.807) is 23.6 Å². The Morgan fingerprint density at radius 1 is 1.15 bits per heavy atom. The van der Waals surface area contributed by atoms with Crippen LogP contribution in [0.25, 0.3) is 0 Å². The van der Waals surface area contributed by atoms with Crippen LogP contribution in [0.5, 0.6) is 11.5 Å². The molecule has 0 atom stereocenters. The molecule has 2 aliphatic rings. The van der Waals surface area contributed by atoms with E-state index in [2.05, 4.69) is 22.2 Å². The van der Waals surface area contributed by atoms with Crippen molar-refractivity contribution < 1.29 is 19.1 Å². The number of thiazole rings is 1. The van der Waals surface area contributed by atoms with Crippen molar-refractivity contribution in [3.8, 4) is 11.5 Å².